The zero-order valence-corrected chi connectivity index (χ0v) is 16.0. The number of piperazine rings is 1. The number of benzene rings is 1. The molecule has 3 rings (SSSR count). The molecule has 0 aromatic heterocycles. The fraction of sp³-hybridized carbons (Fsp3) is 0.611. The molecule has 0 saturated carbocycles. The highest BCUT2D eigenvalue weighted by Crippen LogP contribution is 2.29. The largest absolute Gasteiger partial charge is 0.368 e. The lowest BCUT2D eigenvalue weighted by Gasteiger charge is -2.37. The van der Waals surface area contributed by atoms with Gasteiger partial charge in [-0.25, -0.2) is 8.42 Å². The lowest BCUT2D eigenvalue weighted by molar-refractivity contribution is -0.133. The summed E-state index contributed by atoms with van der Waals surface area (Å²) >= 11 is 0. The molecule has 150 valence electrons. The number of hydrogen-bond acceptors (Lipinski definition) is 5. The van der Waals surface area contributed by atoms with Gasteiger partial charge in [0.2, 0.25) is 15.7 Å². The molecule has 9 heteroatoms. The van der Waals surface area contributed by atoms with Gasteiger partial charge in [0.15, 0.2) is 0 Å². The molecule has 0 atom stereocenters. The van der Waals surface area contributed by atoms with Crippen molar-refractivity contribution in [2.24, 2.45) is 0 Å². The van der Waals surface area contributed by atoms with Gasteiger partial charge in [0.05, 0.1) is 17.1 Å². The minimum absolute atomic E-state index is 0.129. The van der Waals surface area contributed by atoms with E-state index in [4.69, 9.17) is 0 Å². The topological polar surface area (TPSA) is 60.9 Å². The summed E-state index contributed by atoms with van der Waals surface area (Å²) in [5.74, 6) is -3.31. The summed E-state index contributed by atoms with van der Waals surface area (Å²) in [4.78, 5) is 17.8. The zero-order chi connectivity index (χ0) is 19.4. The van der Waals surface area contributed by atoms with Crippen LogP contribution in [0.4, 0.5) is 14.5 Å². The van der Waals surface area contributed by atoms with Crippen LogP contribution in [0.2, 0.25) is 0 Å². The molecular weight excluding hydrogens is 376 g/mol. The third kappa shape index (κ3) is 4.57. The van der Waals surface area contributed by atoms with Gasteiger partial charge in [-0.05, 0) is 31.4 Å². The predicted molar refractivity (Wildman–Crippen MR) is 98.7 cm³/mol. The first-order chi connectivity index (χ1) is 12.9. The van der Waals surface area contributed by atoms with Crippen LogP contribution in [-0.2, 0) is 14.6 Å². The third-order valence-electron chi connectivity index (χ3n) is 5.19. The van der Waals surface area contributed by atoms with Gasteiger partial charge in [-0.1, -0.05) is 12.1 Å². The van der Waals surface area contributed by atoms with Crippen LogP contribution in [0.3, 0.4) is 0 Å². The van der Waals surface area contributed by atoms with Crippen molar-refractivity contribution in [3.8, 4) is 0 Å². The number of hydrogen-bond donors (Lipinski definition) is 0. The smallest absolute Gasteiger partial charge is 0.341 e. The van der Waals surface area contributed by atoms with Gasteiger partial charge < -0.3 is 9.80 Å². The number of amides is 1. The monoisotopic (exact) mass is 401 g/mol. The first-order valence-electron chi connectivity index (χ1n) is 9.26. The van der Waals surface area contributed by atoms with E-state index in [1.165, 1.54) is 18.6 Å². The molecule has 0 spiro atoms. The van der Waals surface area contributed by atoms with E-state index >= 15 is 0 Å². The van der Waals surface area contributed by atoms with E-state index in [0.717, 1.165) is 25.9 Å². The van der Waals surface area contributed by atoms with E-state index in [1.54, 1.807) is 17.0 Å². The van der Waals surface area contributed by atoms with Crippen LogP contribution < -0.4 is 4.90 Å². The molecule has 1 aromatic carbocycles. The summed E-state index contributed by atoms with van der Waals surface area (Å²) < 4.78 is 49.8. The molecule has 2 saturated heterocycles. The highest BCUT2D eigenvalue weighted by molar-refractivity contribution is 7.91. The average Bonchev–Trinajstić information content (AvgIpc) is 2.69. The number of carbonyl (C=O) groups is 1. The molecule has 0 aliphatic carbocycles. The van der Waals surface area contributed by atoms with E-state index in [9.17, 15) is 22.0 Å². The Labute approximate surface area is 158 Å². The highest BCUT2D eigenvalue weighted by Gasteiger charge is 2.31. The minimum Gasteiger partial charge on any atom is -0.368 e. The van der Waals surface area contributed by atoms with E-state index < -0.39 is 15.6 Å². The molecule has 0 unspecified atom stereocenters. The van der Waals surface area contributed by atoms with Gasteiger partial charge in [0.25, 0.3) is 0 Å². The van der Waals surface area contributed by atoms with E-state index in [1.807, 2.05) is 9.80 Å². The summed E-state index contributed by atoms with van der Waals surface area (Å²) in [6, 6.07) is 5.88. The maximum atomic E-state index is 13.0. The Morgan fingerprint density at radius 2 is 1.59 bits per heavy atom. The first kappa shape index (κ1) is 20.0. The second-order valence-corrected chi connectivity index (χ2v) is 8.86. The highest BCUT2D eigenvalue weighted by atomic mass is 32.2. The van der Waals surface area contributed by atoms with Crippen molar-refractivity contribution in [1.29, 1.82) is 0 Å². The third-order valence-corrected chi connectivity index (χ3v) is 6.61. The molecular formula is C18H25F2N3O3S. The maximum Gasteiger partial charge on any atom is 0.341 e. The second kappa shape index (κ2) is 8.52. The first-order valence-corrected chi connectivity index (χ1v) is 10.8. The molecule has 2 aliphatic heterocycles. The van der Waals surface area contributed by atoms with Crippen LogP contribution in [0.1, 0.15) is 19.3 Å². The SMILES string of the molecule is O=C(CN1CCN(c2ccccc2S(=O)(=O)C(F)F)CC1)N1CCCCC1. The molecule has 0 radical (unpaired) electrons. The summed E-state index contributed by atoms with van der Waals surface area (Å²) in [5, 5.41) is 0. The summed E-state index contributed by atoms with van der Waals surface area (Å²) in [6.07, 6.45) is 3.27. The summed E-state index contributed by atoms with van der Waals surface area (Å²) in [5.41, 5.74) is 0.305. The van der Waals surface area contributed by atoms with Gasteiger partial charge in [-0.15, -0.1) is 0 Å². The van der Waals surface area contributed by atoms with Crippen molar-refractivity contribution in [3.05, 3.63) is 24.3 Å². The van der Waals surface area contributed by atoms with Crippen LogP contribution in [-0.4, -0.2) is 75.7 Å². The quantitative estimate of drug-likeness (QED) is 0.753. The number of anilines is 1. The van der Waals surface area contributed by atoms with Gasteiger partial charge >= 0.3 is 5.76 Å². The van der Waals surface area contributed by atoms with Crippen molar-refractivity contribution in [3.63, 3.8) is 0 Å². The van der Waals surface area contributed by atoms with Crippen LogP contribution in [0.5, 0.6) is 0 Å². The fourth-order valence-electron chi connectivity index (χ4n) is 3.64. The Balaban J connectivity index is 1.62. The normalized spacial score (nSPS) is 19.5. The fourth-order valence-corrected chi connectivity index (χ4v) is 4.59. The van der Waals surface area contributed by atoms with E-state index in [2.05, 4.69) is 0 Å². The Kier molecular flexibility index (Phi) is 6.31. The van der Waals surface area contributed by atoms with Crippen molar-refractivity contribution in [2.75, 3.05) is 50.7 Å². The number of para-hydroxylation sites is 1. The Morgan fingerprint density at radius 3 is 2.22 bits per heavy atom. The number of carbonyl (C=O) groups excluding carboxylic acids is 1. The summed E-state index contributed by atoms with van der Waals surface area (Å²) in [7, 11) is -4.65. The Bertz CT molecular complexity index is 759. The van der Waals surface area contributed by atoms with E-state index in [-0.39, 0.29) is 10.8 Å². The Morgan fingerprint density at radius 1 is 0.963 bits per heavy atom. The number of likely N-dealkylation sites (tertiary alicyclic amines) is 1. The number of nitrogens with zero attached hydrogens (tertiary/aromatic N) is 3. The maximum absolute atomic E-state index is 13.0. The molecule has 2 heterocycles. The van der Waals surface area contributed by atoms with Gasteiger partial charge in [0.1, 0.15) is 0 Å². The summed E-state index contributed by atoms with van der Waals surface area (Å²) in [6.45, 7) is 4.14. The number of sulfone groups is 1. The molecule has 1 aromatic rings. The van der Waals surface area contributed by atoms with Gasteiger partial charge in [-0.3, -0.25) is 9.69 Å². The average molecular weight is 401 g/mol. The van der Waals surface area contributed by atoms with Crippen LogP contribution >= 0.6 is 0 Å². The molecule has 2 aliphatic rings. The van der Waals surface area contributed by atoms with Crippen molar-refractivity contribution < 1.29 is 22.0 Å². The van der Waals surface area contributed by atoms with Crippen molar-refractivity contribution >= 4 is 21.4 Å². The number of piperidine rings is 1. The van der Waals surface area contributed by atoms with Crippen LogP contribution in [0, 0.1) is 0 Å². The standard InChI is InChI=1S/C18H25F2N3O3S/c19-18(20)27(25,26)16-7-3-2-6-15(16)22-12-10-21(11-13-22)14-17(24)23-8-4-1-5-9-23/h2-3,6-7,18H,1,4-5,8-14H2. The number of halogens is 2. The lowest BCUT2D eigenvalue weighted by Crippen LogP contribution is -2.51. The minimum atomic E-state index is -4.65. The Hall–Kier alpha value is -1.74. The van der Waals surface area contributed by atoms with Crippen LogP contribution in [0.15, 0.2) is 29.2 Å². The van der Waals surface area contributed by atoms with E-state index in [0.29, 0.717) is 38.4 Å². The zero-order valence-electron chi connectivity index (χ0n) is 15.2. The van der Waals surface area contributed by atoms with Crippen LogP contribution in [0.25, 0.3) is 0 Å². The molecule has 0 bridgehead atoms. The van der Waals surface area contributed by atoms with Gasteiger partial charge in [-0.2, -0.15) is 8.78 Å². The molecule has 2 fully saturated rings. The molecule has 6 nitrogen and oxygen atoms in total. The lowest BCUT2D eigenvalue weighted by atomic mass is 10.1. The number of alkyl halides is 2. The molecule has 0 N–H and O–H groups in total. The second-order valence-electron chi connectivity index (χ2n) is 6.98. The predicted octanol–water partition coefficient (Wildman–Crippen LogP) is 1.82. The molecule has 27 heavy (non-hydrogen) atoms. The molecule has 1 amide bonds. The van der Waals surface area contributed by atoms with Crippen molar-refractivity contribution in [1.82, 2.24) is 9.80 Å². The number of rotatable bonds is 5. The van der Waals surface area contributed by atoms with Crippen molar-refractivity contribution in [2.45, 2.75) is 29.9 Å². The van der Waals surface area contributed by atoms with Gasteiger partial charge in [0, 0.05) is 39.3 Å².